The van der Waals surface area contributed by atoms with Crippen LogP contribution in [-0.4, -0.2) is 47.4 Å². The number of carbonyl (C=O) groups is 2. The van der Waals surface area contributed by atoms with Gasteiger partial charge in [0.1, 0.15) is 0 Å². The average Bonchev–Trinajstić information content (AvgIpc) is 3.07. The van der Waals surface area contributed by atoms with Crippen LogP contribution >= 0.6 is 0 Å². The zero-order chi connectivity index (χ0) is 17.8. The third-order valence-corrected chi connectivity index (χ3v) is 5.11. The SMILES string of the molecule is CC(NC(=O)N1CCCC(N2CCCC2=O)C1)c1ccc(C#N)cc1. The quantitative estimate of drug-likeness (QED) is 0.918. The Morgan fingerprint density at radius 3 is 2.68 bits per heavy atom. The lowest BCUT2D eigenvalue weighted by Gasteiger charge is -2.38. The molecule has 1 aromatic carbocycles. The van der Waals surface area contributed by atoms with E-state index in [1.54, 1.807) is 12.1 Å². The van der Waals surface area contributed by atoms with Crippen molar-refractivity contribution in [1.29, 1.82) is 5.26 Å². The van der Waals surface area contributed by atoms with Gasteiger partial charge in [0.25, 0.3) is 0 Å². The van der Waals surface area contributed by atoms with Gasteiger partial charge in [-0.1, -0.05) is 12.1 Å². The Kier molecular flexibility index (Phi) is 5.22. The normalized spacial score (nSPS) is 21.8. The van der Waals surface area contributed by atoms with Gasteiger partial charge in [-0.15, -0.1) is 0 Å². The van der Waals surface area contributed by atoms with E-state index in [4.69, 9.17) is 5.26 Å². The number of benzene rings is 1. The molecule has 2 saturated heterocycles. The van der Waals surface area contributed by atoms with Gasteiger partial charge in [-0.2, -0.15) is 5.26 Å². The molecule has 2 unspecified atom stereocenters. The van der Waals surface area contributed by atoms with Gasteiger partial charge in [0, 0.05) is 32.1 Å². The molecular weight excluding hydrogens is 316 g/mol. The molecule has 1 aromatic rings. The van der Waals surface area contributed by atoms with Crippen LogP contribution in [0.25, 0.3) is 0 Å². The van der Waals surface area contributed by atoms with Crippen molar-refractivity contribution in [3.8, 4) is 6.07 Å². The van der Waals surface area contributed by atoms with E-state index >= 15 is 0 Å². The van der Waals surface area contributed by atoms with Gasteiger partial charge in [0.15, 0.2) is 0 Å². The number of carbonyl (C=O) groups excluding carboxylic acids is 2. The molecule has 0 radical (unpaired) electrons. The number of nitrogens with one attached hydrogen (secondary N) is 1. The van der Waals surface area contributed by atoms with Crippen molar-refractivity contribution in [2.45, 2.75) is 44.7 Å². The summed E-state index contributed by atoms with van der Waals surface area (Å²) in [6.45, 7) is 4.09. The molecule has 0 saturated carbocycles. The molecule has 2 aliphatic rings. The fourth-order valence-electron chi connectivity index (χ4n) is 3.65. The molecule has 1 N–H and O–H groups in total. The molecule has 0 spiro atoms. The number of hydrogen-bond acceptors (Lipinski definition) is 3. The monoisotopic (exact) mass is 340 g/mol. The van der Waals surface area contributed by atoms with Gasteiger partial charge in [-0.3, -0.25) is 4.79 Å². The van der Waals surface area contributed by atoms with Gasteiger partial charge in [0.2, 0.25) is 5.91 Å². The number of hydrogen-bond donors (Lipinski definition) is 1. The molecule has 2 fully saturated rings. The van der Waals surface area contributed by atoms with Gasteiger partial charge in [0.05, 0.1) is 17.7 Å². The van der Waals surface area contributed by atoms with E-state index in [9.17, 15) is 9.59 Å². The van der Waals surface area contributed by atoms with E-state index in [1.165, 1.54) is 0 Å². The summed E-state index contributed by atoms with van der Waals surface area (Å²) in [5, 5.41) is 11.9. The fourth-order valence-corrected chi connectivity index (χ4v) is 3.65. The Balaban J connectivity index is 1.58. The maximum atomic E-state index is 12.6. The standard InChI is InChI=1S/C19H24N4O2/c1-14(16-8-6-15(12-20)7-9-16)21-19(25)22-10-2-4-17(13-22)23-11-3-5-18(23)24/h6-9,14,17H,2-5,10-11,13H2,1H3,(H,21,25). The van der Waals surface area contributed by atoms with Crippen molar-refractivity contribution in [2.24, 2.45) is 0 Å². The van der Waals surface area contributed by atoms with E-state index in [1.807, 2.05) is 28.9 Å². The minimum absolute atomic E-state index is 0.0896. The molecule has 0 aromatic heterocycles. The maximum Gasteiger partial charge on any atom is 0.317 e. The van der Waals surface area contributed by atoms with Gasteiger partial charge >= 0.3 is 6.03 Å². The van der Waals surface area contributed by atoms with Gasteiger partial charge in [-0.05, 0) is 43.9 Å². The Labute approximate surface area is 148 Å². The predicted octanol–water partition coefficient (Wildman–Crippen LogP) is 2.42. The molecule has 3 rings (SSSR count). The Morgan fingerprint density at radius 2 is 2.04 bits per heavy atom. The molecule has 132 valence electrons. The van der Waals surface area contributed by atoms with Crippen molar-refractivity contribution in [2.75, 3.05) is 19.6 Å². The molecule has 2 atom stereocenters. The lowest BCUT2D eigenvalue weighted by atomic mass is 10.0. The van der Waals surface area contributed by atoms with Crippen molar-refractivity contribution in [3.05, 3.63) is 35.4 Å². The van der Waals surface area contributed by atoms with Crippen LogP contribution in [0.4, 0.5) is 4.79 Å². The van der Waals surface area contributed by atoms with E-state index in [2.05, 4.69) is 11.4 Å². The fraction of sp³-hybridized carbons (Fsp3) is 0.526. The zero-order valence-electron chi connectivity index (χ0n) is 14.6. The largest absolute Gasteiger partial charge is 0.338 e. The number of nitriles is 1. The summed E-state index contributed by atoms with van der Waals surface area (Å²) in [5.41, 5.74) is 1.58. The van der Waals surface area contributed by atoms with E-state index in [0.29, 0.717) is 18.5 Å². The molecule has 0 bridgehead atoms. The van der Waals surface area contributed by atoms with Crippen LogP contribution in [0.5, 0.6) is 0 Å². The van der Waals surface area contributed by atoms with Crippen LogP contribution in [0.3, 0.4) is 0 Å². The summed E-state index contributed by atoms with van der Waals surface area (Å²) in [6.07, 6.45) is 3.46. The predicted molar refractivity (Wildman–Crippen MR) is 93.6 cm³/mol. The van der Waals surface area contributed by atoms with Crippen LogP contribution in [0, 0.1) is 11.3 Å². The van der Waals surface area contributed by atoms with Crippen LogP contribution in [-0.2, 0) is 4.79 Å². The lowest BCUT2D eigenvalue weighted by molar-refractivity contribution is -0.130. The Hall–Kier alpha value is -2.55. The van der Waals surface area contributed by atoms with Crippen LogP contribution in [0.15, 0.2) is 24.3 Å². The van der Waals surface area contributed by atoms with Crippen molar-refractivity contribution in [3.63, 3.8) is 0 Å². The van der Waals surface area contributed by atoms with E-state index in [-0.39, 0.29) is 24.0 Å². The third kappa shape index (κ3) is 3.93. The summed E-state index contributed by atoms with van der Waals surface area (Å²) in [5.74, 6) is 0.221. The molecule has 6 heteroatoms. The van der Waals surface area contributed by atoms with Gasteiger partial charge in [-0.25, -0.2) is 4.79 Å². The first-order valence-electron chi connectivity index (χ1n) is 8.93. The Bertz CT molecular complexity index is 680. The zero-order valence-corrected chi connectivity index (χ0v) is 14.6. The summed E-state index contributed by atoms with van der Waals surface area (Å²) in [4.78, 5) is 28.3. The minimum Gasteiger partial charge on any atom is -0.338 e. The highest BCUT2D eigenvalue weighted by Gasteiger charge is 2.33. The summed E-state index contributed by atoms with van der Waals surface area (Å²) >= 11 is 0. The van der Waals surface area contributed by atoms with Crippen LogP contribution < -0.4 is 5.32 Å². The number of piperidine rings is 1. The summed E-state index contributed by atoms with van der Waals surface area (Å²) in [7, 11) is 0. The topological polar surface area (TPSA) is 76.4 Å². The molecule has 0 aliphatic carbocycles. The number of urea groups is 1. The second-order valence-electron chi connectivity index (χ2n) is 6.84. The smallest absolute Gasteiger partial charge is 0.317 e. The molecular formula is C19H24N4O2. The first-order valence-corrected chi connectivity index (χ1v) is 8.93. The van der Waals surface area contributed by atoms with Crippen molar-refractivity contribution in [1.82, 2.24) is 15.1 Å². The highest BCUT2D eigenvalue weighted by Crippen LogP contribution is 2.22. The second-order valence-corrected chi connectivity index (χ2v) is 6.84. The first-order chi connectivity index (χ1) is 12.1. The first kappa shape index (κ1) is 17.3. The summed E-state index contributed by atoms with van der Waals surface area (Å²) in [6, 6.07) is 9.27. The van der Waals surface area contributed by atoms with E-state index < -0.39 is 0 Å². The number of nitrogens with zero attached hydrogens (tertiary/aromatic N) is 3. The van der Waals surface area contributed by atoms with Crippen LogP contribution in [0.2, 0.25) is 0 Å². The summed E-state index contributed by atoms with van der Waals surface area (Å²) < 4.78 is 0. The third-order valence-electron chi connectivity index (χ3n) is 5.11. The van der Waals surface area contributed by atoms with Crippen molar-refractivity contribution >= 4 is 11.9 Å². The number of amides is 3. The van der Waals surface area contributed by atoms with Crippen LogP contribution in [0.1, 0.15) is 49.8 Å². The minimum atomic E-state index is -0.131. The molecule has 25 heavy (non-hydrogen) atoms. The highest BCUT2D eigenvalue weighted by atomic mass is 16.2. The van der Waals surface area contributed by atoms with Crippen molar-refractivity contribution < 1.29 is 9.59 Å². The second kappa shape index (κ2) is 7.56. The molecule has 2 aliphatic heterocycles. The molecule has 2 heterocycles. The van der Waals surface area contributed by atoms with E-state index in [0.717, 1.165) is 37.9 Å². The molecule has 6 nitrogen and oxygen atoms in total. The maximum absolute atomic E-state index is 12.6. The average molecular weight is 340 g/mol. The highest BCUT2D eigenvalue weighted by molar-refractivity contribution is 5.79. The number of likely N-dealkylation sites (tertiary alicyclic amines) is 2. The Morgan fingerprint density at radius 1 is 1.28 bits per heavy atom. The van der Waals surface area contributed by atoms with Gasteiger partial charge < -0.3 is 15.1 Å². The molecule has 3 amide bonds. The lowest BCUT2D eigenvalue weighted by Crippen LogP contribution is -2.52. The number of rotatable bonds is 3.